The second-order valence-corrected chi connectivity index (χ2v) is 9.24. The van der Waals surface area contributed by atoms with E-state index in [1.807, 2.05) is 11.3 Å². The number of ether oxygens (including phenoxy) is 1. The zero-order chi connectivity index (χ0) is 17.7. The summed E-state index contributed by atoms with van der Waals surface area (Å²) in [6.45, 7) is 8.30. The van der Waals surface area contributed by atoms with Crippen LogP contribution in [-0.4, -0.2) is 61.4 Å². The molecule has 146 valence electrons. The molecule has 1 saturated carbocycles. The molecule has 6 heteroatoms. The second-order valence-electron chi connectivity index (χ2n) is 8.14. The number of morpholine rings is 1. The summed E-state index contributed by atoms with van der Waals surface area (Å²) >= 11 is 1.84. The van der Waals surface area contributed by atoms with Crippen LogP contribution in [0.15, 0.2) is 6.20 Å². The van der Waals surface area contributed by atoms with Gasteiger partial charge in [-0.15, -0.1) is 11.3 Å². The van der Waals surface area contributed by atoms with E-state index in [4.69, 9.17) is 4.74 Å². The van der Waals surface area contributed by atoms with Crippen LogP contribution in [0.5, 0.6) is 0 Å². The second kappa shape index (κ2) is 9.00. The third-order valence-electron chi connectivity index (χ3n) is 6.39. The number of piperidine rings is 1. The molecular weight excluding hydrogens is 344 g/mol. The Bertz CT molecular complexity index is 546. The van der Waals surface area contributed by atoms with Crippen molar-refractivity contribution in [1.82, 2.24) is 15.2 Å². The highest BCUT2D eigenvalue weighted by molar-refractivity contribution is 7.15. The van der Waals surface area contributed by atoms with Crippen molar-refractivity contribution in [2.24, 2.45) is 0 Å². The van der Waals surface area contributed by atoms with Crippen LogP contribution in [0, 0.1) is 0 Å². The maximum Gasteiger partial charge on any atom is 0.185 e. The molecule has 3 fully saturated rings. The Balaban J connectivity index is 1.32. The van der Waals surface area contributed by atoms with Gasteiger partial charge in [0.15, 0.2) is 5.13 Å². The van der Waals surface area contributed by atoms with E-state index in [9.17, 15) is 0 Å². The van der Waals surface area contributed by atoms with Gasteiger partial charge in [-0.25, -0.2) is 4.98 Å². The monoisotopic (exact) mass is 378 g/mol. The highest BCUT2D eigenvalue weighted by Crippen LogP contribution is 2.35. The van der Waals surface area contributed by atoms with E-state index >= 15 is 0 Å². The Morgan fingerprint density at radius 1 is 1.00 bits per heavy atom. The molecule has 0 amide bonds. The molecule has 0 atom stereocenters. The number of nitrogens with zero attached hydrogens (tertiary/aromatic N) is 3. The molecule has 1 aromatic rings. The Kier molecular flexibility index (Phi) is 6.46. The molecule has 2 saturated heterocycles. The van der Waals surface area contributed by atoms with Gasteiger partial charge in [-0.05, 0) is 38.8 Å². The number of hydrogen-bond acceptors (Lipinski definition) is 6. The minimum atomic E-state index is 0.413. The predicted octanol–water partition coefficient (Wildman–Crippen LogP) is 3.26. The van der Waals surface area contributed by atoms with Crippen LogP contribution in [0.3, 0.4) is 0 Å². The van der Waals surface area contributed by atoms with Gasteiger partial charge in [-0.1, -0.05) is 25.7 Å². The van der Waals surface area contributed by atoms with E-state index < -0.39 is 0 Å². The Morgan fingerprint density at radius 2 is 1.73 bits per heavy atom. The maximum atomic E-state index is 5.45. The number of rotatable bonds is 6. The van der Waals surface area contributed by atoms with Crippen molar-refractivity contribution in [1.29, 1.82) is 0 Å². The maximum absolute atomic E-state index is 5.45. The molecule has 1 aliphatic carbocycles. The molecule has 3 heterocycles. The van der Waals surface area contributed by atoms with Gasteiger partial charge in [0.25, 0.3) is 0 Å². The quantitative estimate of drug-likeness (QED) is 0.823. The number of aromatic nitrogens is 1. The highest BCUT2D eigenvalue weighted by Gasteiger charge is 2.37. The van der Waals surface area contributed by atoms with Crippen LogP contribution in [0.1, 0.15) is 56.2 Å². The van der Waals surface area contributed by atoms with Crippen molar-refractivity contribution in [2.45, 2.75) is 63.5 Å². The minimum Gasteiger partial charge on any atom is -0.378 e. The molecule has 0 aromatic carbocycles. The summed E-state index contributed by atoms with van der Waals surface area (Å²) in [5, 5.41) is 4.97. The van der Waals surface area contributed by atoms with E-state index in [0.717, 1.165) is 44.5 Å². The van der Waals surface area contributed by atoms with Crippen molar-refractivity contribution < 1.29 is 4.74 Å². The summed E-state index contributed by atoms with van der Waals surface area (Å²) in [7, 11) is 0. The molecular formula is C20H34N4OS. The van der Waals surface area contributed by atoms with Gasteiger partial charge in [0, 0.05) is 42.8 Å². The number of nitrogens with one attached hydrogen (secondary N) is 1. The number of thiazole rings is 1. The predicted molar refractivity (Wildman–Crippen MR) is 108 cm³/mol. The Morgan fingerprint density at radius 3 is 2.50 bits per heavy atom. The molecule has 5 nitrogen and oxygen atoms in total. The first kappa shape index (κ1) is 18.7. The van der Waals surface area contributed by atoms with E-state index in [-0.39, 0.29) is 0 Å². The summed E-state index contributed by atoms with van der Waals surface area (Å²) in [5.74, 6) is 0. The minimum absolute atomic E-state index is 0.413. The molecule has 2 aliphatic heterocycles. The summed E-state index contributed by atoms with van der Waals surface area (Å²) in [4.78, 5) is 11.2. The molecule has 1 aromatic heterocycles. The van der Waals surface area contributed by atoms with Crippen LogP contribution < -0.4 is 10.2 Å². The first-order valence-corrected chi connectivity index (χ1v) is 11.4. The van der Waals surface area contributed by atoms with Gasteiger partial charge in [-0.2, -0.15) is 0 Å². The van der Waals surface area contributed by atoms with Crippen LogP contribution in [0.2, 0.25) is 0 Å². The van der Waals surface area contributed by atoms with Crippen LogP contribution in [0.4, 0.5) is 5.13 Å². The smallest absolute Gasteiger partial charge is 0.185 e. The standard InChI is InChI=1S/C20H34N4OS/c1-3-7-20(8-4-1,24-9-5-2-6-10-24)17-21-15-18-16-22-19(26-18)23-11-13-25-14-12-23/h16,21H,1-15,17H2. The number of likely N-dealkylation sites (tertiary alicyclic amines) is 1. The van der Waals surface area contributed by atoms with Crippen LogP contribution in [-0.2, 0) is 11.3 Å². The van der Waals surface area contributed by atoms with E-state index in [0.29, 0.717) is 5.54 Å². The highest BCUT2D eigenvalue weighted by atomic mass is 32.1. The van der Waals surface area contributed by atoms with E-state index in [1.165, 1.54) is 69.3 Å². The molecule has 26 heavy (non-hydrogen) atoms. The van der Waals surface area contributed by atoms with E-state index in [1.54, 1.807) is 0 Å². The number of anilines is 1. The fraction of sp³-hybridized carbons (Fsp3) is 0.850. The molecule has 1 N–H and O–H groups in total. The number of hydrogen-bond donors (Lipinski definition) is 1. The summed E-state index contributed by atoms with van der Waals surface area (Å²) in [5.41, 5.74) is 0.413. The van der Waals surface area contributed by atoms with E-state index in [2.05, 4.69) is 26.3 Å². The summed E-state index contributed by atoms with van der Waals surface area (Å²) in [6.07, 6.45) is 13.2. The van der Waals surface area contributed by atoms with Crippen molar-refractivity contribution in [3.63, 3.8) is 0 Å². The molecule has 0 spiro atoms. The summed E-state index contributed by atoms with van der Waals surface area (Å²) in [6, 6.07) is 0. The lowest BCUT2D eigenvalue weighted by Crippen LogP contribution is -2.57. The van der Waals surface area contributed by atoms with Gasteiger partial charge in [-0.3, -0.25) is 4.90 Å². The largest absolute Gasteiger partial charge is 0.378 e. The lowest BCUT2D eigenvalue weighted by Gasteiger charge is -2.48. The average molecular weight is 379 g/mol. The van der Waals surface area contributed by atoms with Crippen LogP contribution in [0.25, 0.3) is 0 Å². The lowest BCUT2D eigenvalue weighted by atomic mass is 9.79. The van der Waals surface area contributed by atoms with Gasteiger partial charge < -0.3 is 15.0 Å². The van der Waals surface area contributed by atoms with Gasteiger partial charge in [0.05, 0.1) is 13.2 Å². The molecule has 4 rings (SSSR count). The SMILES string of the molecule is c1nc(N2CCOCC2)sc1CNCC1(N2CCCCC2)CCCCC1. The normalized spacial score (nSPS) is 24.7. The third kappa shape index (κ3) is 4.41. The van der Waals surface area contributed by atoms with Crippen molar-refractivity contribution >= 4 is 16.5 Å². The van der Waals surface area contributed by atoms with Gasteiger partial charge in [0.2, 0.25) is 0 Å². The molecule has 0 unspecified atom stereocenters. The third-order valence-corrected chi connectivity index (χ3v) is 7.45. The van der Waals surface area contributed by atoms with Crippen LogP contribution >= 0.6 is 11.3 Å². The van der Waals surface area contributed by atoms with Gasteiger partial charge in [0.1, 0.15) is 0 Å². The van der Waals surface area contributed by atoms with Crippen molar-refractivity contribution in [3.05, 3.63) is 11.1 Å². The zero-order valence-corrected chi connectivity index (χ0v) is 16.9. The van der Waals surface area contributed by atoms with Gasteiger partial charge >= 0.3 is 0 Å². The van der Waals surface area contributed by atoms with Crippen molar-refractivity contribution in [2.75, 3.05) is 50.8 Å². The fourth-order valence-electron chi connectivity index (χ4n) is 4.88. The summed E-state index contributed by atoms with van der Waals surface area (Å²) < 4.78 is 5.45. The first-order valence-electron chi connectivity index (χ1n) is 10.6. The fourth-order valence-corrected chi connectivity index (χ4v) is 5.81. The molecule has 0 radical (unpaired) electrons. The first-order chi connectivity index (χ1) is 12.9. The average Bonchev–Trinajstić information content (AvgIpc) is 3.19. The van der Waals surface area contributed by atoms with Crippen molar-refractivity contribution in [3.8, 4) is 0 Å². The molecule has 3 aliphatic rings. The Labute approximate surface area is 162 Å². The molecule has 0 bridgehead atoms. The lowest BCUT2D eigenvalue weighted by molar-refractivity contribution is 0.0333. The Hall–Kier alpha value is -0.690. The topological polar surface area (TPSA) is 40.6 Å². The zero-order valence-electron chi connectivity index (χ0n) is 16.0.